The molecule has 0 aliphatic rings. The Morgan fingerprint density at radius 2 is 1.90 bits per heavy atom. The molecule has 6 nitrogen and oxygen atoms in total. The third-order valence-corrected chi connectivity index (χ3v) is 4.98. The fourth-order valence-electron chi connectivity index (χ4n) is 2.78. The second-order valence-electron chi connectivity index (χ2n) is 7.03. The van der Waals surface area contributed by atoms with Gasteiger partial charge in [-0.15, -0.1) is 24.0 Å². The molecular formula is C21H29FIN3O3S. The van der Waals surface area contributed by atoms with E-state index in [1.807, 2.05) is 38.1 Å². The van der Waals surface area contributed by atoms with Crippen LogP contribution in [0.25, 0.3) is 0 Å². The molecule has 2 aromatic carbocycles. The predicted octanol–water partition coefficient (Wildman–Crippen LogP) is 3.43. The number of hydrogen-bond donors (Lipinski definition) is 2. The highest BCUT2D eigenvalue weighted by Crippen LogP contribution is 2.15. The van der Waals surface area contributed by atoms with Crippen molar-refractivity contribution in [1.82, 2.24) is 10.6 Å². The van der Waals surface area contributed by atoms with Crippen molar-refractivity contribution in [3.05, 3.63) is 65.0 Å². The Bertz CT molecular complexity index is 968. The number of guanidine groups is 1. The van der Waals surface area contributed by atoms with Gasteiger partial charge in [-0.2, -0.15) is 0 Å². The molecule has 1 unspecified atom stereocenters. The molecule has 166 valence electrons. The second kappa shape index (κ2) is 12.1. The highest BCUT2D eigenvalue weighted by Gasteiger charge is 2.12. The van der Waals surface area contributed by atoms with E-state index in [0.29, 0.717) is 23.6 Å². The monoisotopic (exact) mass is 549 g/mol. The van der Waals surface area contributed by atoms with Crippen LogP contribution < -0.4 is 15.4 Å². The summed E-state index contributed by atoms with van der Waals surface area (Å²) in [6.07, 6.45) is 1.05. The average molecular weight is 549 g/mol. The van der Waals surface area contributed by atoms with Crippen molar-refractivity contribution in [3.63, 3.8) is 0 Å². The van der Waals surface area contributed by atoms with Gasteiger partial charge in [0.25, 0.3) is 0 Å². The van der Waals surface area contributed by atoms with E-state index in [9.17, 15) is 12.8 Å². The number of nitrogens with one attached hydrogen (secondary N) is 2. The van der Waals surface area contributed by atoms with Crippen LogP contribution in [-0.2, 0) is 22.1 Å². The zero-order valence-electron chi connectivity index (χ0n) is 17.6. The molecule has 0 aliphatic carbocycles. The minimum Gasteiger partial charge on any atom is -0.489 e. The SMILES string of the molecule is CN=C(NCc1cc(F)ccc1CS(C)(=O)=O)NCC(C)Oc1cccc(C)c1.I. The van der Waals surface area contributed by atoms with Gasteiger partial charge in [0.05, 0.1) is 12.3 Å². The van der Waals surface area contributed by atoms with Gasteiger partial charge in [0.2, 0.25) is 0 Å². The highest BCUT2D eigenvalue weighted by atomic mass is 127. The molecule has 30 heavy (non-hydrogen) atoms. The van der Waals surface area contributed by atoms with Gasteiger partial charge in [-0.05, 0) is 54.8 Å². The fourth-order valence-corrected chi connectivity index (χ4v) is 3.63. The lowest BCUT2D eigenvalue weighted by Crippen LogP contribution is -2.41. The summed E-state index contributed by atoms with van der Waals surface area (Å²) >= 11 is 0. The van der Waals surface area contributed by atoms with E-state index in [2.05, 4.69) is 15.6 Å². The lowest BCUT2D eigenvalue weighted by atomic mass is 10.1. The third kappa shape index (κ3) is 9.29. The summed E-state index contributed by atoms with van der Waals surface area (Å²) in [4.78, 5) is 4.15. The van der Waals surface area contributed by atoms with Gasteiger partial charge in [-0.3, -0.25) is 4.99 Å². The Morgan fingerprint density at radius 1 is 1.17 bits per heavy atom. The van der Waals surface area contributed by atoms with E-state index in [1.165, 1.54) is 18.2 Å². The molecule has 2 N–H and O–H groups in total. The minimum absolute atomic E-state index is 0. The molecule has 0 amide bonds. The van der Waals surface area contributed by atoms with Crippen LogP contribution in [0.4, 0.5) is 4.39 Å². The van der Waals surface area contributed by atoms with Crippen molar-refractivity contribution >= 4 is 39.8 Å². The number of hydrogen-bond acceptors (Lipinski definition) is 4. The summed E-state index contributed by atoms with van der Waals surface area (Å²) in [5, 5.41) is 6.25. The molecule has 0 fully saturated rings. The number of benzene rings is 2. The Kier molecular flexibility index (Phi) is 10.5. The van der Waals surface area contributed by atoms with E-state index >= 15 is 0 Å². The zero-order chi connectivity index (χ0) is 21.4. The van der Waals surface area contributed by atoms with E-state index in [1.54, 1.807) is 7.05 Å². The minimum atomic E-state index is -3.22. The smallest absolute Gasteiger partial charge is 0.191 e. The molecule has 0 saturated heterocycles. The van der Waals surface area contributed by atoms with E-state index in [4.69, 9.17) is 4.74 Å². The summed E-state index contributed by atoms with van der Waals surface area (Å²) in [5.41, 5.74) is 2.26. The first-order valence-corrected chi connectivity index (χ1v) is 11.3. The molecule has 0 heterocycles. The lowest BCUT2D eigenvalue weighted by Gasteiger charge is -2.18. The number of sulfone groups is 1. The average Bonchev–Trinajstić information content (AvgIpc) is 2.63. The van der Waals surface area contributed by atoms with Crippen molar-refractivity contribution in [2.45, 2.75) is 32.2 Å². The van der Waals surface area contributed by atoms with Gasteiger partial charge >= 0.3 is 0 Å². The summed E-state index contributed by atoms with van der Waals surface area (Å²) in [7, 11) is -1.59. The van der Waals surface area contributed by atoms with Gasteiger partial charge in [-0.1, -0.05) is 18.2 Å². The van der Waals surface area contributed by atoms with Crippen molar-refractivity contribution in [2.24, 2.45) is 4.99 Å². The van der Waals surface area contributed by atoms with Gasteiger partial charge in [0.15, 0.2) is 15.8 Å². The molecule has 2 rings (SSSR count). The van der Waals surface area contributed by atoms with Crippen molar-refractivity contribution in [2.75, 3.05) is 19.8 Å². The number of rotatable bonds is 8. The Hall–Kier alpha value is -1.88. The molecule has 9 heteroatoms. The van der Waals surface area contributed by atoms with Crippen LogP contribution in [0.3, 0.4) is 0 Å². The Morgan fingerprint density at radius 3 is 2.53 bits per heavy atom. The summed E-state index contributed by atoms with van der Waals surface area (Å²) in [6.45, 7) is 4.70. The summed E-state index contributed by atoms with van der Waals surface area (Å²) < 4.78 is 42.7. The molecule has 0 aliphatic heterocycles. The van der Waals surface area contributed by atoms with Gasteiger partial charge in [-0.25, -0.2) is 12.8 Å². The third-order valence-electron chi connectivity index (χ3n) is 4.14. The number of aliphatic imine (C=N–C) groups is 1. The van der Waals surface area contributed by atoms with Gasteiger partial charge in [0.1, 0.15) is 17.7 Å². The topological polar surface area (TPSA) is 79.8 Å². The first kappa shape index (κ1) is 26.2. The second-order valence-corrected chi connectivity index (χ2v) is 9.17. The predicted molar refractivity (Wildman–Crippen MR) is 130 cm³/mol. The van der Waals surface area contributed by atoms with Gasteiger partial charge < -0.3 is 15.4 Å². The number of aryl methyl sites for hydroxylation is 1. The molecule has 2 aromatic rings. The maximum atomic E-state index is 13.6. The van der Waals surface area contributed by atoms with Crippen LogP contribution in [-0.4, -0.2) is 40.3 Å². The van der Waals surface area contributed by atoms with E-state index in [0.717, 1.165) is 17.6 Å². The first-order chi connectivity index (χ1) is 13.7. The van der Waals surface area contributed by atoms with Crippen molar-refractivity contribution in [3.8, 4) is 5.75 Å². The zero-order valence-corrected chi connectivity index (χ0v) is 20.8. The Balaban J connectivity index is 0.00000450. The molecular weight excluding hydrogens is 520 g/mol. The fraction of sp³-hybridized carbons (Fsp3) is 0.381. The molecule has 0 aromatic heterocycles. The van der Waals surface area contributed by atoms with Crippen molar-refractivity contribution < 1.29 is 17.5 Å². The summed E-state index contributed by atoms with van der Waals surface area (Å²) in [6, 6.07) is 11.9. The quantitative estimate of drug-likeness (QED) is 0.300. The molecule has 0 spiro atoms. The molecule has 0 radical (unpaired) electrons. The Labute approximate surface area is 195 Å². The number of ether oxygens (including phenoxy) is 1. The van der Waals surface area contributed by atoms with Crippen LogP contribution in [0.1, 0.15) is 23.6 Å². The maximum absolute atomic E-state index is 13.6. The first-order valence-electron chi connectivity index (χ1n) is 9.29. The lowest BCUT2D eigenvalue weighted by molar-refractivity contribution is 0.223. The van der Waals surface area contributed by atoms with Crippen LogP contribution in [0.2, 0.25) is 0 Å². The molecule has 1 atom stereocenters. The standard InChI is InChI=1S/C21H28FN3O3S.HI/c1-15-6-5-7-20(10-15)28-16(2)12-24-21(23-3)25-13-18-11-19(22)9-8-17(18)14-29(4,26)27;/h5-11,16H,12-14H2,1-4H3,(H2,23,24,25);1H. The van der Waals surface area contributed by atoms with Crippen LogP contribution in [0, 0.1) is 12.7 Å². The molecule has 0 bridgehead atoms. The van der Waals surface area contributed by atoms with E-state index in [-0.39, 0.29) is 42.4 Å². The van der Waals surface area contributed by atoms with Crippen molar-refractivity contribution in [1.29, 1.82) is 0 Å². The maximum Gasteiger partial charge on any atom is 0.191 e. The summed E-state index contributed by atoms with van der Waals surface area (Å²) in [5.74, 6) is 0.756. The van der Waals surface area contributed by atoms with Crippen LogP contribution in [0.5, 0.6) is 5.75 Å². The molecule has 0 saturated carbocycles. The van der Waals surface area contributed by atoms with E-state index < -0.39 is 15.7 Å². The van der Waals surface area contributed by atoms with Gasteiger partial charge in [0, 0.05) is 19.8 Å². The number of nitrogens with zero attached hydrogens (tertiary/aromatic N) is 1. The number of halogens is 2. The van der Waals surface area contributed by atoms with Crippen LogP contribution in [0.15, 0.2) is 47.5 Å². The highest BCUT2D eigenvalue weighted by molar-refractivity contribution is 14.0. The largest absolute Gasteiger partial charge is 0.489 e. The van der Waals surface area contributed by atoms with Crippen LogP contribution >= 0.6 is 24.0 Å². The normalized spacial score (nSPS) is 12.6.